The summed E-state index contributed by atoms with van der Waals surface area (Å²) in [6.07, 6.45) is -8.31. The van der Waals surface area contributed by atoms with Gasteiger partial charge in [0.1, 0.15) is 17.7 Å². The summed E-state index contributed by atoms with van der Waals surface area (Å²) in [5.41, 5.74) is -3.85. The van der Waals surface area contributed by atoms with E-state index in [0.717, 1.165) is 17.0 Å². The molecule has 0 saturated heterocycles. The van der Waals surface area contributed by atoms with Crippen LogP contribution in [0.4, 0.5) is 35.1 Å². The van der Waals surface area contributed by atoms with Crippen LogP contribution in [0.5, 0.6) is 0 Å². The van der Waals surface area contributed by atoms with E-state index in [1.54, 1.807) is 22.9 Å². The maximum absolute atomic E-state index is 14.8. The van der Waals surface area contributed by atoms with Gasteiger partial charge in [0.25, 0.3) is 5.91 Å². The largest absolute Gasteiger partial charge is 0.416 e. The van der Waals surface area contributed by atoms with Gasteiger partial charge in [-0.3, -0.25) is 4.79 Å². The van der Waals surface area contributed by atoms with Gasteiger partial charge in [0.15, 0.2) is 0 Å². The van der Waals surface area contributed by atoms with Crippen LogP contribution >= 0.6 is 0 Å². The number of amides is 1. The molecule has 4 rings (SSSR count). The fraction of sp³-hybridized carbons (Fsp3) is 0.261. The van der Waals surface area contributed by atoms with Gasteiger partial charge < -0.3 is 9.47 Å². The van der Waals surface area contributed by atoms with Crippen LogP contribution in [0.3, 0.4) is 0 Å². The first-order valence-corrected chi connectivity index (χ1v) is 10.1. The zero-order valence-corrected chi connectivity index (χ0v) is 17.2. The number of benzene rings is 2. The van der Waals surface area contributed by atoms with E-state index in [9.17, 15) is 39.9 Å². The Labute approximate surface area is 188 Å². The first kappa shape index (κ1) is 23.8. The second kappa shape index (κ2) is 8.44. The van der Waals surface area contributed by atoms with E-state index in [1.165, 1.54) is 0 Å². The number of carbonyl (C=O) groups is 1. The van der Waals surface area contributed by atoms with Crippen LogP contribution in [-0.2, 0) is 18.9 Å². The maximum Gasteiger partial charge on any atom is 0.416 e. The van der Waals surface area contributed by atoms with Crippen molar-refractivity contribution < 1.29 is 39.9 Å². The molecule has 0 bridgehead atoms. The summed E-state index contributed by atoms with van der Waals surface area (Å²) < 4.78 is 110. The van der Waals surface area contributed by atoms with Crippen LogP contribution in [0.2, 0.25) is 0 Å². The molecular formula is C23H16F8N2O. The minimum atomic E-state index is -5.13. The molecule has 0 aliphatic carbocycles. The number of hydrogen-bond donors (Lipinski definition) is 0. The molecule has 1 aliphatic heterocycles. The molecule has 180 valence electrons. The van der Waals surface area contributed by atoms with Crippen molar-refractivity contribution in [3.63, 3.8) is 0 Å². The fourth-order valence-corrected chi connectivity index (χ4v) is 4.09. The number of hydrogen-bond acceptors (Lipinski definition) is 1. The average molecular weight is 488 g/mol. The highest BCUT2D eigenvalue weighted by Crippen LogP contribution is 2.39. The van der Waals surface area contributed by atoms with Gasteiger partial charge in [0.2, 0.25) is 0 Å². The minimum absolute atomic E-state index is 0.0680. The van der Waals surface area contributed by atoms with Crippen molar-refractivity contribution in [1.29, 1.82) is 0 Å². The summed E-state index contributed by atoms with van der Waals surface area (Å²) in [5, 5.41) is 0. The van der Waals surface area contributed by atoms with Crippen LogP contribution in [0.25, 0.3) is 0 Å². The minimum Gasteiger partial charge on any atom is -0.349 e. The van der Waals surface area contributed by atoms with E-state index in [2.05, 4.69) is 0 Å². The normalized spacial score (nSPS) is 16.8. The molecule has 1 atom stereocenters. The van der Waals surface area contributed by atoms with Gasteiger partial charge in [-0.15, -0.1) is 0 Å². The summed E-state index contributed by atoms with van der Waals surface area (Å²) in [4.78, 5) is 14.4. The van der Waals surface area contributed by atoms with Crippen molar-refractivity contribution in [3.05, 3.63) is 94.3 Å². The lowest BCUT2D eigenvalue weighted by molar-refractivity contribution is -0.143. The Bertz CT molecular complexity index is 1200. The number of aromatic nitrogens is 1. The number of carbonyl (C=O) groups excluding carboxylic acids is 1. The predicted molar refractivity (Wildman–Crippen MR) is 105 cm³/mol. The third kappa shape index (κ3) is 4.51. The summed E-state index contributed by atoms with van der Waals surface area (Å²) in [6.45, 7) is 0.293. The van der Waals surface area contributed by atoms with E-state index in [0.29, 0.717) is 36.9 Å². The van der Waals surface area contributed by atoms with Crippen LogP contribution in [0.1, 0.15) is 45.2 Å². The topological polar surface area (TPSA) is 25.2 Å². The Morgan fingerprint density at radius 1 is 0.853 bits per heavy atom. The number of rotatable bonds is 2. The number of fused-ring (bicyclic) bond motifs is 1. The molecule has 2 heterocycles. The predicted octanol–water partition coefficient (Wildman–Crippen LogP) is 6.44. The molecule has 11 heteroatoms. The highest BCUT2D eigenvalue weighted by atomic mass is 19.4. The lowest BCUT2D eigenvalue weighted by atomic mass is 9.98. The van der Waals surface area contributed by atoms with Crippen LogP contribution in [0, 0.1) is 11.6 Å². The van der Waals surface area contributed by atoms with Gasteiger partial charge in [-0.1, -0.05) is 6.07 Å². The van der Waals surface area contributed by atoms with Crippen molar-refractivity contribution in [3.8, 4) is 0 Å². The van der Waals surface area contributed by atoms with E-state index >= 15 is 0 Å². The third-order valence-electron chi connectivity index (χ3n) is 5.61. The lowest BCUT2D eigenvalue weighted by Crippen LogP contribution is -2.36. The Hall–Kier alpha value is -3.37. The summed E-state index contributed by atoms with van der Waals surface area (Å²) in [6, 6.07) is 5.27. The molecule has 2 aromatic carbocycles. The van der Waals surface area contributed by atoms with Gasteiger partial charge in [-0.05, 0) is 42.8 Å². The summed E-state index contributed by atoms with van der Waals surface area (Å²) in [7, 11) is 0. The third-order valence-corrected chi connectivity index (χ3v) is 5.61. The first-order chi connectivity index (χ1) is 15.9. The van der Waals surface area contributed by atoms with Gasteiger partial charge in [0.05, 0.1) is 11.1 Å². The molecular weight excluding hydrogens is 472 g/mol. The van der Waals surface area contributed by atoms with Crippen molar-refractivity contribution in [1.82, 2.24) is 9.47 Å². The molecule has 3 nitrogen and oxygen atoms in total. The van der Waals surface area contributed by atoms with Gasteiger partial charge >= 0.3 is 12.4 Å². The standard InChI is InChI=1S/C23H16F8N2O/c24-16-4-5-17(18(25)12-16)20-19-3-1-6-32(19)7-2-8-33(20)21(34)13-9-14(22(26,27)28)11-15(10-13)23(29,30)31/h1,3-6,9-12,20H,2,7-8H2. The Balaban J connectivity index is 1.87. The van der Waals surface area contributed by atoms with Gasteiger partial charge in [-0.2, -0.15) is 26.3 Å². The van der Waals surface area contributed by atoms with Gasteiger partial charge in [0, 0.05) is 42.2 Å². The molecule has 3 aromatic rings. The van der Waals surface area contributed by atoms with E-state index in [1.807, 2.05) is 0 Å². The first-order valence-electron chi connectivity index (χ1n) is 10.1. The fourth-order valence-electron chi connectivity index (χ4n) is 4.09. The zero-order valence-electron chi connectivity index (χ0n) is 17.2. The molecule has 0 spiro atoms. The smallest absolute Gasteiger partial charge is 0.349 e. The molecule has 0 saturated carbocycles. The second-order valence-electron chi connectivity index (χ2n) is 7.84. The molecule has 1 aliphatic rings. The highest BCUT2D eigenvalue weighted by molar-refractivity contribution is 5.95. The Kier molecular flexibility index (Phi) is 5.91. The molecule has 0 N–H and O–H groups in total. The molecule has 0 fully saturated rings. The van der Waals surface area contributed by atoms with E-state index < -0.39 is 52.6 Å². The van der Waals surface area contributed by atoms with Crippen molar-refractivity contribution in [2.24, 2.45) is 0 Å². The number of aryl methyl sites for hydroxylation is 1. The van der Waals surface area contributed by atoms with Crippen LogP contribution < -0.4 is 0 Å². The average Bonchev–Trinajstić information content (AvgIpc) is 3.13. The maximum atomic E-state index is 14.8. The Morgan fingerprint density at radius 2 is 1.50 bits per heavy atom. The van der Waals surface area contributed by atoms with E-state index in [4.69, 9.17) is 0 Å². The molecule has 1 unspecified atom stereocenters. The number of alkyl halides is 6. The van der Waals surface area contributed by atoms with Crippen molar-refractivity contribution in [2.75, 3.05) is 6.54 Å². The molecule has 34 heavy (non-hydrogen) atoms. The monoisotopic (exact) mass is 488 g/mol. The van der Waals surface area contributed by atoms with Crippen molar-refractivity contribution in [2.45, 2.75) is 31.4 Å². The molecule has 1 aromatic heterocycles. The zero-order chi connectivity index (χ0) is 24.8. The second-order valence-corrected chi connectivity index (χ2v) is 7.84. The molecule has 0 radical (unpaired) electrons. The number of nitrogens with zero attached hydrogens (tertiary/aromatic N) is 2. The summed E-state index contributed by atoms with van der Waals surface area (Å²) >= 11 is 0. The van der Waals surface area contributed by atoms with Crippen LogP contribution in [-0.4, -0.2) is 21.9 Å². The van der Waals surface area contributed by atoms with Crippen LogP contribution in [0.15, 0.2) is 54.7 Å². The Morgan fingerprint density at radius 3 is 2.09 bits per heavy atom. The van der Waals surface area contributed by atoms with Crippen molar-refractivity contribution >= 4 is 5.91 Å². The quantitative estimate of drug-likeness (QED) is 0.381. The highest BCUT2D eigenvalue weighted by Gasteiger charge is 2.39. The molecule has 1 amide bonds. The SMILES string of the molecule is O=C(c1cc(C(F)(F)F)cc(C(F)(F)F)c1)N1CCCn2cccc2C1c1ccc(F)cc1F. The summed E-state index contributed by atoms with van der Waals surface area (Å²) in [5.74, 6) is -3.02. The van der Waals surface area contributed by atoms with E-state index in [-0.39, 0.29) is 18.2 Å². The lowest BCUT2D eigenvalue weighted by Gasteiger charge is -2.31. The number of halogens is 8. The van der Waals surface area contributed by atoms with Gasteiger partial charge in [-0.25, -0.2) is 8.78 Å².